The number of phosphoric ester groups is 1. The van der Waals surface area contributed by atoms with Crippen LogP contribution in [0.15, 0.2) is 23.3 Å². The molecule has 1 N–H and O–H groups in total. The molecule has 1 aromatic rings. The van der Waals surface area contributed by atoms with Gasteiger partial charge in [-0.1, -0.05) is 0 Å². The molecule has 1 fully saturated rings. The van der Waals surface area contributed by atoms with E-state index in [9.17, 15) is 19.4 Å². The summed E-state index contributed by atoms with van der Waals surface area (Å²) in [5.41, 5.74) is -0.514. The van der Waals surface area contributed by atoms with Crippen LogP contribution in [-0.2, 0) is 18.3 Å². The molecule has 11 heteroatoms. The van der Waals surface area contributed by atoms with Crippen LogP contribution in [0.2, 0.25) is 0 Å². The lowest BCUT2D eigenvalue weighted by molar-refractivity contribution is -0.870. The molecule has 1 aliphatic heterocycles. The summed E-state index contributed by atoms with van der Waals surface area (Å²) in [6, 6.07) is 1.56. The highest BCUT2D eigenvalue weighted by Gasteiger charge is 2.36. The molecule has 1 aliphatic rings. The van der Waals surface area contributed by atoms with Crippen molar-refractivity contribution in [3.05, 3.63) is 28.9 Å². The minimum Gasteiger partial charge on any atom is -0.756 e. The van der Waals surface area contributed by atoms with Crippen molar-refractivity contribution in [1.82, 2.24) is 9.55 Å². The second-order valence-electron chi connectivity index (χ2n) is 6.83. The van der Waals surface area contributed by atoms with E-state index in [1.165, 1.54) is 17.0 Å². The van der Waals surface area contributed by atoms with Crippen molar-refractivity contribution in [2.75, 3.05) is 40.9 Å². The molecule has 4 atom stereocenters. The molecule has 0 radical (unpaired) electrons. The number of hydrogen-bond donors (Lipinski definition) is 1. The Balaban J connectivity index is 1.85. The minimum atomic E-state index is -4.49. The van der Waals surface area contributed by atoms with E-state index < -0.39 is 38.6 Å². The molecule has 0 amide bonds. The first-order valence-corrected chi connectivity index (χ1v) is 9.31. The Kier molecular flexibility index (Phi) is 6.50. The molecule has 0 spiro atoms. The fourth-order valence-electron chi connectivity index (χ4n) is 2.25. The van der Waals surface area contributed by atoms with Crippen LogP contribution in [-0.4, -0.2) is 72.3 Å². The molecule has 0 saturated carbocycles. The second kappa shape index (κ2) is 8.05. The second-order valence-corrected chi connectivity index (χ2v) is 8.24. The van der Waals surface area contributed by atoms with E-state index in [0.717, 1.165) is 0 Å². The highest BCUT2D eigenvalue weighted by atomic mass is 31.2. The fraction of sp³-hybridized carbons (Fsp3) is 0.714. The zero-order valence-corrected chi connectivity index (χ0v) is 15.4. The van der Waals surface area contributed by atoms with Gasteiger partial charge in [-0.25, -0.2) is 9.78 Å². The predicted molar refractivity (Wildman–Crippen MR) is 85.4 cm³/mol. The first-order chi connectivity index (χ1) is 11.6. The van der Waals surface area contributed by atoms with Crippen molar-refractivity contribution in [2.45, 2.75) is 24.9 Å². The summed E-state index contributed by atoms with van der Waals surface area (Å²) in [5, 5.41) is 10.0. The summed E-state index contributed by atoms with van der Waals surface area (Å²) >= 11 is 0. The maximum Gasteiger partial charge on any atom is 0.349 e. The van der Waals surface area contributed by atoms with Gasteiger partial charge in [-0.15, -0.1) is 0 Å². The molecule has 2 rings (SSSR count). The number of phosphoric acid groups is 1. The van der Waals surface area contributed by atoms with Crippen LogP contribution >= 0.6 is 7.82 Å². The first kappa shape index (κ1) is 20.2. The van der Waals surface area contributed by atoms with Crippen LogP contribution < -0.4 is 10.6 Å². The van der Waals surface area contributed by atoms with Gasteiger partial charge in [0.25, 0.3) is 7.82 Å². The van der Waals surface area contributed by atoms with Gasteiger partial charge in [0.15, 0.2) is 0 Å². The summed E-state index contributed by atoms with van der Waals surface area (Å²) in [5.74, 6) is 0. The van der Waals surface area contributed by atoms with Crippen molar-refractivity contribution in [3.8, 4) is 0 Å². The maximum absolute atomic E-state index is 11.8. The third kappa shape index (κ3) is 6.27. The zero-order valence-electron chi connectivity index (χ0n) is 14.5. The number of aliphatic hydroxyl groups excluding tert-OH is 1. The molecule has 10 nitrogen and oxygen atoms in total. The van der Waals surface area contributed by atoms with E-state index in [1.54, 1.807) is 6.07 Å². The molecule has 1 unspecified atom stereocenters. The van der Waals surface area contributed by atoms with Crippen LogP contribution in [0, 0.1) is 0 Å². The Labute approximate surface area is 145 Å². The Hall–Kier alpha value is -1.13. The number of nitrogens with zero attached hydrogens (tertiary/aromatic N) is 3. The number of hydrogen-bond acceptors (Lipinski definition) is 8. The monoisotopic (exact) mass is 377 g/mol. The minimum absolute atomic E-state index is 0.00788. The standard InChI is InChI=1S/C14H24N3O7P/c1-17(2,3)7-8-22-25(20,21)23-10-12-11(18)9-13(24-12)16-6-4-5-15-14(16)19/h4-6,11-13,18H,7-10H2,1-3H3/t11-,12+,13+/m0/s1. The van der Waals surface area contributed by atoms with E-state index in [2.05, 4.69) is 4.98 Å². The normalized spacial score (nSPS) is 26.5. The lowest BCUT2D eigenvalue weighted by Gasteiger charge is -2.28. The van der Waals surface area contributed by atoms with Crippen LogP contribution in [0.1, 0.15) is 12.6 Å². The molecule has 25 heavy (non-hydrogen) atoms. The Bertz CT molecular complexity index is 675. The van der Waals surface area contributed by atoms with E-state index in [-0.39, 0.29) is 13.0 Å². The van der Waals surface area contributed by atoms with Crippen LogP contribution in [0.3, 0.4) is 0 Å². The van der Waals surface area contributed by atoms with Gasteiger partial charge in [0.2, 0.25) is 0 Å². The molecular formula is C14H24N3O7P. The number of likely N-dealkylation sites (N-methyl/N-ethyl adjacent to an activating group) is 1. The largest absolute Gasteiger partial charge is 0.756 e. The predicted octanol–water partition coefficient (Wildman–Crippen LogP) is -0.900. The summed E-state index contributed by atoms with van der Waals surface area (Å²) in [7, 11) is 1.23. The molecule has 142 valence electrons. The third-order valence-electron chi connectivity index (χ3n) is 3.66. The highest BCUT2D eigenvalue weighted by molar-refractivity contribution is 7.45. The van der Waals surface area contributed by atoms with Crippen molar-refractivity contribution >= 4 is 7.82 Å². The average Bonchev–Trinajstić information content (AvgIpc) is 2.85. The van der Waals surface area contributed by atoms with E-state index in [0.29, 0.717) is 11.0 Å². The van der Waals surface area contributed by atoms with Crippen molar-refractivity contribution in [3.63, 3.8) is 0 Å². The summed E-state index contributed by atoms with van der Waals surface area (Å²) in [6.45, 7) is 0.0913. The number of aromatic nitrogens is 2. The zero-order chi connectivity index (χ0) is 18.7. The van der Waals surface area contributed by atoms with Gasteiger partial charge in [0.1, 0.15) is 25.5 Å². The number of rotatable bonds is 8. The van der Waals surface area contributed by atoms with Gasteiger partial charge in [0.05, 0.1) is 33.9 Å². The van der Waals surface area contributed by atoms with E-state index in [4.69, 9.17) is 13.8 Å². The molecular weight excluding hydrogens is 353 g/mol. The van der Waals surface area contributed by atoms with Gasteiger partial charge in [0, 0.05) is 18.8 Å². The fourth-order valence-corrected chi connectivity index (χ4v) is 2.96. The topological polar surface area (TPSA) is 123 Å². The Morgan fingerprint density at radius 1 is 1.48 bits per heavy atom. The summed E-state index contributed by atoms with van der Waals surface area (Å²) in [6.07, 6.45) is 0.388. The summed E-state index contributed by atoms with van der Waals surface area (Å²) < 4.78 is 28.7. The molecule has 0 bridgehead atoms. The average molecular weight is 377 g/mol. The Morgan fingerprint density at radius 2 is 2.20 bits per heavy atom. The first-order valence-electron chi connectivity index (χ1n) is 7.85. The molecule has 0 aliphatic carbocycles. The maximum atomic E-state index is 11.8. The molecule has 2 heterocycles. The van der Waals surface area contributed by atoms with E-state index >= 15 is 0 Å². The number of quaternary nitrogens is 1. The SMILES string of the molecule is C[N+](C)(C)CCOP(=O)([O-])OC[C@H]1O[C@@H](n2cccnc2=O)C[C@@H]1O. The van der Waals surface area contributed by atoms with Crippen LogP contribution in [0.4, 0.5) is 0 Å². The lowest BCUT2D eigenvalue weighted by Crippen LogP contribution is -2.37. The lowest BCUT2D eigenvalue weighted by atomic mass is 10.2. The van der Waals surface area contributed by atoms with Gasteiger partial charge in [-0.05, 0) is 6.07 Å². The van der Waals surface area contributed by atoms with Crippen molar-refractivity contribution in [1.29, 1.82) is 0 Å². The van der Waals surface area contributed by atoms with Gasteiger partial charge in [-0.2, -0.15) is 0 Å². The van der Waals surface area contributed by atoms with Gasteiger partial charge in [-0.3, -0.25) is 9.13 Å². The number of ether oxygens (including phenoxy) is 1. The molecule has 1 saturated heterocycles. The quantitative estimate of drug-likeness (QED) is 0.457. The van der Waals surface area contributed by atoms with Crippen LogP contribution in [0.25, 0.3) is 0 Å². The summed E-state index contributed by atoms with van der Waals surface area (Å²) in [4.78, 5) is 27.0. The number of aliphatic hydroxyl groups is 1. The van der Waals surface area contributed by atoms with Crippen molar-refractivity contribution < 1.29 is 32.8 Å². The van der Waals surface area contributed by atoms with Crippen LogP contribution in [0.5, 0.6) is 0 Å². The van der Waals surface area contributed by atoms with Gasteiger partial charge >= 0.3 is 5.69 Å². The molecule has 0 aromatic carbocycles. The molecule has 1 aromatic heterocycles. The van der Waals surface area contributed by atoms with E-state index in [1.807, 2.05) is 21.1 Å². The van der Waals surface area contributed by atoms with Gasteiger partial charge < -0.3 is 28.3 Å². The van der Waals surface area contributed by atoms with Crippen molar-refractivity contribution in [2.24, 2.45) is 0 Å². The smallest absolute Gasteiger partial charge is 0.349 e. The third-order valence-corrected chi connectivity index (χ3v) is 4.63. The highest BCUT2D eigenvalue weighted by Crippen LogP contribution is 2.39. The Morgan fingerprint density at radius 3 is 2.84 bits per heavy atom.